The van der Waals surface area contributed by atoms with E-state index in [1.807, 2.05) is 19.1 Å². The van der Waals surface area contributed by atoms with E-state index in [1.165, 1.54) is 16.7 Å². The topological polar surface area (TPSA) is 78.3 Å². The van der Waals surface area contributed by atoms with Gasteiger partial charge in [-0.3, -0.25) is 4.57 Å². The van der Waals surface area contributed by atoms with E-state index in [2.05, 4.69) is 40.3 Å². The van der Waals surface area contributed by atoms with Crippen molar-refractivity contribution in [3.8, 4) is 0 Å². The molecule has 2 N–H and O–H groups in total. The maximum absolute atomic E-state index is 12.9. The number of ether oxygens (including phenoxy) is 1. The summed E-state index contributed by atoms with van der Waals surface area (Å²) in [5.74, 6) is 0. The Morgan fingerprint density at radius 2 is 2.03 bits per heavy atom. The number of nitrogens with two attached hydrogens (primary N) is 1. The van der Waals surface area contributed by atoms with E-state index in [0.29, 0.717) is 18.3 Å². The average molecular weight is 426 g/mol. The number of aromatic nitrogens is 3. The molecule has 1 aliphatic carbocycles. The number of hydrogen-bond donors (Lipinski definition) is 1. The summed E-state index contributed by atoms with van der Waals surface area (Å²) < 4.78 is 21.2. The molecule has 1 aromatic heterocycles. The Kier molecular flexibility index (Phi) is 6.20. The van der Waals surface area contributed by atoms with Crippen molar-refractivity contribution in [3.63, 3.8) is 0 Å². The summed E-state index contributed by atoms with van der Waals surface area (Å²) in [6.07, 6.45) is 8.67. The zero-order valence-electron chi connectivity index (χ0n) is 17.7. The third kappa shape index (κ3) is 4.40. The van der Waals surface area contributed by atoms with Crippen LogP contribution in [-0.4, -0.2) is 47.2 Å². The summed E-state index contributed by atoms with van der Waals surface area (Å²) >= 11 is 0. The predicted octanol–water partition coefficient (Wildman–Crippen LogP) is 2.45. The van der Waals surface area contributed by atoms with Gasteiger partial charge < -0.3 is 15.4 Å². The van der Waals surface area contributed by atoms with E-state index in [0.717, 1.165) is 37.4 Å². The smallest absolute Gasteiger partial charge is 0.346 e. The highest BCUT2D eigenvalue weighted by Gasteiger charge is 2.30. The Hall–Kier alpha value is -2.97. The van der Waals surface area contributed by atoms with Crippen LogP contribution in [0, 0.1) is 0 Å². The minimum Gasteiger partial charge on any atom is -0.378 e. The van der Waals surface area contributed by atoms with Crippen LogP contribution in [0.5, 0.6) is 0 Å². The molecule has 7 nitrogen and oxygen atoms in total. The second-order valence-corrected chi connectivity index (χ2v) is 8.14. The van der Waals surface area contributed by atoms with Crippen LogP contribution in [-0.2, 0) is 16.8 Å². The van der Waals surface area contributed by atoms with Crippen LogP contribution < -0.4 is 16.3 Å². The molecule has 1 atom stereocenters. The summed E-state index contributed by atoms with van der Waals surface area (Å²) in [5, 5.41) is 4.17. The molecule has 0 spiro atoms. The lowest BCUT2D eigenvalue weighted by Crippen LogP contribution is -2.39. The molecule has 2 aromatic rings. The molecule has 1 aliphatic heterocycles. The standard InChI is InChI=1S/C23H28FN5O2/c1-23(28-17-26-29(22(28)30)16-18(14-24)15-25)8-2-3-20(13-23)19-4-6-21(7-5-19)27-9-11-31-12-10-27/h2-8,14,17H,9-13,15-16,25H2,1H3/b18-14+. The molecule has 1 fully saturated rings. The van der Waals surface area contributed by atoms with Gasteiger partial charge in [0, 0.05) is 31.7 Å². The van der Waals surface area contributed by atoms with Crippen molar-refractivity contribution in [2.45, 2.75) is 25.4 Å². The molecule has 2 heterocycles. The largest absolute Gasteiger partial charge is 0.378 e. The van der Waals surface area contributed by atoms with Gasteiger partial charge in [-0.1, -0.05) is 30.4 Å². The summed E-state index contributed by atoms with van der Waals surface area (Å²) in [6.45, 7) is 5.41. The van der Waals surface area contributed by atoms with E-state index in [4.69, 9.17) is 10.5 Å². The van der Waals surface area contributed by atoms with E-state index in [-0.39, 0.29) is 18.8 Å². The van der Waals surface area contributed by atoms with E-state index in [9.17, 15) is 9.18 Å². The fraction of sp³-hybridized carbons (Fsp3) is 0.391. The quantitative estimate of drug-likeness (QED) is 0.769. The van der Waals surface area contributed by atoms with Crippen LogP contribution in [0.25, 0.3) is 5.57 Å². The van der Waals surface area contributed by atoms with Crippen molar-refractivity contribution in [2.75, 3.05) is 37.7 Å². The number of nitrogens with zero attached hydrogens (tertiary/aromatic N) is 4. The van der Waals surface area contributed by atoms with Crippen LogP contribution in [0.4, 0.5) is 10.1 Å². The molecule has 0 amide bonds. The molecule has 4 rings (SSSR count). The fourth-order valence-electron chi connectivity index (χ4n) is 4.08. The van der Waals surface area contributed by atoms with Crippen molar-refractivity contribution < 1.29 is 9.13 Å². The summed E-state index contributed by atoms with van der Waals surface area (Å²) in [7, 11) is 0. The van der Waals surface area contributed by atoms with Crippen molar-refractivity contribution in [3.05, 3.63) is 76.8 Å². The monoisotopic (exact) mass is 425 g/mol. The zero-order valence-corrected chi connectivity index (χ0v) is 17.7. The van der Waals surface area contributed by atoms with Gasteiger partial charge in [-0.05, 0) is 35.8 Å². The van der Waals surface area contributed by atoms with Gasteiger partial charge >= 0.3 is 5.69 Å². The first-order valence-electron chi connectivity index (χ1n) is 10.5. The van der Waals surface area contributed by atoms with Gasteiger partial charge in [0.25, 0.3) is 0 Å². The average Bonchev–Trinajstić information content (AvgIpc) is 3.19. The molecular formula is C23H28FN5O2. The van der Waals surface area contributed by atoms with Gasteiger partial charge in [0.15, 0.2) is 0 Å². The lowest BCUT2D eigenvalue weighted by molar-refractivity contribution is 0.122. The van der Waals surface area contributed by atoms with Gasteiger partial charge in [-0.25, -0.2) is 13.9 Å². The first-order chi connectivity index (χ1) is 15.0. The Morgan fingerprint density at radius 1 is 1.29 bits per heavy atom. The van der Waals surface area contributed by atoms with Crippen LogP contribution in [0.3, 0.4) is 0 Å². The normalized spacial score (nSPS) is 22.0. The van der Waals surface area contributed by atoms with Crippen LogP contribution >= 0.6 is 0 Å². The number of hydrogen-bond acceptors (Lipinski definition) is 5. The molecule has 0 saturated carbocycles. The van der Waals surface area contributed by atoms with Crippen LogP contribution in [0.15, 0.2) is 65.5 Å². The van der Waals surface area contributed by atoms with Gasteiger partial charge in [0.2, 0.25) is 0 Å². The highest BCUT2D eigenvalue weighted by atomic mass is 19.1. The lowest BCUT2D eigenvalue weighted by Gasteiger charge is -2.31. The predicted molar refractivity (Wildman–Crippen MR) is 120 cm³/mol. The Morgan fingerprint density at radius 3 is 2.71 bits per heavy atom. The Balaban J connectivity index is 1.53. The maximum Gasteiger partial charge on any atom is 0.346 e. The first-order valence-corrected chi connectivity index (χ1v) is 10.5. The number of benzene rings is 1. The summed E-state index contributed by atoms with van der Waals surface area (Å²) in [5.41, 5.74) is 8.43. The molecule has 8 heteroatoms. The highest BCUT2D eigenvalue weighted by molar-refractivity contribution is 5.71. The minimum absolute atomic E-state index is 0.0420. The number of morpholine rings is 1. The number of rotatable bonds is 6. The summed E-state index contributed by atoms with van der Waals surface area (Å²) in [4.78, 5) is 15.2. The molecule has 0 radical (unpaired) electrons. The van der Waals surface area contributed by atoms with E-state index >= 15 is 0 Å². The Bertz CT molecular complexity index is 1060. The number of anilines is 1. The molecule has 31 heavy (non-hydrogen) atoms. The second-order valence-electron chi connectivity index (χ2n) is 8.14. The molecule has 0 bridgehead atoms. The van der Waals surface area contributed by atoms with Crippen molar-refractivity contribution in [2.24, 2.45) is 5.73 Å². The molecule has 164 valence electrons. The van der Waals surface area contributed by atoms with E-state index < -0.39 is 5.54 Å². The zero-order chi connectivity index (χ0) is 21.8. The van der Waals surface area contributed by atoms with Crippen molar-refractivity contribution >= 4 is 11.3 Å². The minimum atomic E-state index is -0.565. The van der Waals surface area contributed by atoms with Gasteiger partial charge in [-0.2, -0.15) is 5.10 Å². The molecule has 1 unspecified atom stereocenters. The highest BCUT2D eigenvalue weighted by Crippen LogP contribution is 2.34. The number of halogens is 1. The third-order valence-electron chi connectivity index (χ3n) is 5.97. The Labute approximate surface area is 180 Å². The van der Waals surface area contributed by atoms with E-state index in [1.54, 1.807) is 4.57 Å². The third-order valence-corrected chi connectivity index (χ3v) is 5.97. The molecular weight excluding hydrogens is 397 g/mol. The lowest BCUT2D eigenvalue weighted by atomic mass is 9.85. The number of allylic oxidation sites excluding steroid dienone is 4. The van der Waals surface area contributed by atoms with Crippen LogP contribution in [0.1, 0.15) is 18.9 Å². The van der Waals surface area contributed by atoms with Crippen molar-refractivity contribution in [1.82, 2.24) is 14.3 Å². The summed E-state index contributed by atoms with van der Waals surface area (Å²) in [6, 6.07) is 8.53. The maximum atomic E-state index is 12.9. The SMILES string of the molecule is CC1(n2cnn(C/C(=C/F)CN)c2=O)C=CC=C(c2ccc(N3CCOCC3)cc2)C1. The van der Waals surface area contributed by atoms with Gasteiger partial charge in [-0.15, -0.1) is 0 Å². The fourth-order valence-corrected chi connectivity index (χ4v) is 4.08. The molecule has 1 aromatic carbocycles. The second kappa shape index (κ2) is 9.03. The first kappa shape index (κ1) is 21.3. The van der Waals surface area contributed by atoms with Gasteiger partial charge in [0.1, 0.15) is 6.33 Å². The van der Waals surface area contributed by atoms with Crippen LogP contribution in [0.2, 0.25) is 0 Å². The molecule has 1 saturated heterocycles. The van der Waals surface area contributed by atoms with Crippen molar-refractivity contribution in [1.29, 1.82) is 0 Å². The van der Waals surface area contributed by atoms with Gasteiger partial charge in [0.05, 0.1) is 31.6 Å². The molecule has 2 aliphatic rings.